The van der Waals surface area contributed by atoms with Crippen molar-refractivity contribution in [2.75, 3.05) is 14.1 Å². The molecule has 2 rings (SSSR count). The lowest BCUT2D eigenvalue weighted by Crippen LogP contribution is -2.02. The highest BCUT2D eigenvalue weighted by atomic mass is 32.1. The molecule has 0 spiro atoms. The molecule has 0 fully saturated rings. The maximum Gasteiger partial charge on any atom is 0.199 e. The molecular formula is C13H14N2OS2. The van der Waals surface area contributed by atoms with Crippen LogP contribution in [0.3, 0.4) is 0 Å². The molecule has 2 aromatic heterocycles. The second kappa shape index (κ2) is 5.46. The van der Waals surface area contributed by atoms with Crippen LogP contribution in [0.1, 0.15) is 15.4 Å². The van der Waals surface area contributed by atoms with Crippen LogP contribution < -0.4 is 0 Å². The van der Waals surface area contributed by atoms with Crippen molar-refractivity contribution >= 4 is 28.5 Å². The minimum atomic E-state index is 0.0153. The highest BCUT2D eigenvalue weighted by molar-refractivity contribution is 7.22. The van der Waals surface area contributed by atoms with Crippen LogP contribution >= 0.6 is 22.7 Å². The zero-order valence-corrected chi connectivity index (χ0v) is 12.1. The van der Waals surface area contributed by atoms with E-state index in [9.17, 15) is 4.79 Å². The molecule has 0 radical (unpaired) electrons. The Hall–Kier alpha value is -1.46. The zero-order valence-electron chi connectivity index (χ0n) is 10.5. The molecule has 0 aliphatic rings. The maximum absolute atomic E-state index is 12.0. The van der Waals surface area contributed by atoms with Gasteiger partial charge in [0.1, 0.15) is 5.01 Å². The molecule has 94 valence electrons. The summed E-state index contributed by atoms with van der Waals surface area (Å²) < 4.78 is 0. The lowest BCUT2D eigenvalue weighted by molar-refractivity contribution is 0.104. The number of thiophene rings is 1. The Morgan fingerprint density at radius 1 is 1.44 bits per heavy atom. The van der Waals surface area contributed by atoms with E-state index < -0.39 is 0 Å². The van der Waals surface area contributed by atoms with E-state index in [4.69, 9.17) is 0 Å². The number of rotatable bonds is 4. The Bertz CT molecular complexity index is 568. The number of carbonyl (C=O) groups is 1. The summed E-state index contributed by atoms with van der Waals surface area (Å²) >= 11 is 3.10. The average Bonchev–Trinajstić information content (AvgIpc) is 2.94. The number of thiazole rings is 1. The summed E-state index contributed by atoms with van der Waals surface area (Å²) in [5, 5.41) is 2.93. The van der Waals surface area contributed by atoms with E-state index in [-0.39, 0.29) is 5.78 Å². The van der Waals surface area contributed by atoms with Gasteiger partial charge in [-0.1, -0.05) is 6.07 Å². The molecule has 0 unspecified atom stereocenters. The normalized spacial score (nSPS) is 11.1. The molecular weight excluding hydrogens is 264 g/mol. The van der Waals surface area contributed by atoms with Gasteiger partial charge in [0.2, 0.25) is 0 Å². The second-order valence-electron chi connectivity index (χ2n) is 4.05. The fourth-order valence-electron chi connectivity index (χ4n) is 1.42. The van der Waals surface area contributed by atoms with Gasteiger partial charge in [-0.05, 0) is 18.4 Å². The van der Waals surface area contributed by atoms with Gasteiger partial charge >= 0.3 is 0 Å². The molecule has 0 aromatic carbocycles. The van der Waals surface area contributed by atoms with E-state index in [2.05, 4.69) is 4.98 Å². The first kappa shape index (κ1) is 13.0. The molecule has 0 N–H and O–H groups in total. The summed E-state index contributed by atoms with van der Waals surface area (Å²) in [6, 6.07) is 4.01. The van der Waals surface area contributed by atoms with Crippen molar-refractivity contribution in [3.8, 4) is 9.88 Å². The summed E-state index contributed by atoms with van der Waals surface area (Å²) in [4.78, 5) is 20.1. The van der Waals surface area contributed by atoms with E-state index in [0.717, 1.165) is 20.5 Å². The monoisotopic (exact) mass is 278 g/mol. The van der Waals surface area contributed by atoms with Gasteiger partial charge in [-0.2, -0.15) is 0 Å². The van der Waals surface area contributed by atoms with E-state index in [1.54, 1.807) is 23.6 Å². The molecule has 18 heavy (non-hydrogen) atoms. The van der Waals surface area contributed by atoms with Crippen LogP contribution in [0.25, 0.3) is 9.88 Å². The van der Waals surface area contributed by atoms with Crippen molar-refractivity contribution in [3.05, 3.63) is 40.4 Å². The molecule has 2 aromatic rings. The van der Waals surface area contributed by atoms with Gasteiger partial charge in [0.15, 0.2) is 5.78 Å². The number of nitrogens with zero attached hydrogens (tertiary/aromatic N) is 2. The predicted octanol–water partition coefficient (Wildman–Crippen LogP) is 3.44. The van der Waals surface area contributed by atoms with E-state index in [1.807, 2.05) is 43.4 Å². The first-order chi connectivity index (χ1) is 8.58. The molecule has 0 saturated heterocycles. The fraction of sp³-hybridized carbons (Fsp3) is 0.231. The minimum Gasteiger partial charge on any atom is -0.383 e. The third-order valence-electron chi connectivity index (χ3n) is 2.28. The van der Waals surface area contributed by atoms with Crippen molar-refractivity contribution in [2.24, 2.45) is 0 Å². The summed E-state index contributed by atoms with van der Waals surface area (Å²) in [5.74, 6) is 0.0153. The van der Waals surface area contributed by atoms with E-state index in [0.29, 0.717) is 0 Å². The van der Waals surface area contributed by atoms with Gasteiger partial charge in [-0.25, -0.2) is 4.98 Å². The van der Waals surface area contributed by atoms with Gasteiger partial charge < -0.3 is 4.90 Å². The SMILES string of the molecule is Cc1nc(-c2cccs2)sc1C(=O)C=CN(C)C. The molecule has 0 atom stereocenters. The number of allylic oxidation sites excluding steroid dienone is 1. The zero-order chi connectivity index (χ0) is 13.1. The number of carbonyl (C=O) groups excluding carboxylic acids is 1. The summed E-state index contributed by atoms with van der Waals surface area (Å²) in [7, 11) is 3.78. The van der Waals surface area contributed by atoms with Crippen molar-refractivity contribution < 1.29 is 4.79 Å². The molecule has 0 amide bonds. The second-order valence-corrected chi connectivity index (χ2v) is 6.00. The summed E-state index contributed by atoms with van der Waals surface area (Å²) in [6.07, 6.45) is 3.34. The van der Waals surface area contributed by atoms with Crippen molar-refractivity contribution in [1.29, 1.82) is 0 Å². The van der Waals surface area contributed by atoms with Crippen LogP contribution in [-0.2, 0) is 0 Å². The van der Waals surface area contributed by atoms with Crippen molar-refractivity contribution in [1.82, 2.24) is 9.88 Å². The van der Waals surface area contributed by atoms with Crippen LogP contribution in [0.15, 0.2) is 29.8 Å². The number of hydrogen-bond acceptors (Lipinski definition) is 5. The minimum absolute atomic E-state index is 0.0153. The maximum atomic E-state index is 12.0. The molecule has 0 saturated carbocycles. The Balaban J connectivity index is 2.27. The quantitative estimate of drug-likeness (QED) is 0.634. The van der Waals surface area contributed by atoms with Crippen LogP contribution in [0.4, 0.5) is 0 Å². The molecule has 0 aliphatic heterocycles. The fourth-order valence-corrected chi connectivity index (χ4v) is 3.21. The van der Waals surface area contributed by atoms with E-state index in [1.165, 1.54) is 11.3 Å². The highest BCUT2D eigenvalue weighted by Crippen LogP contribution is 2.31. The number of ketones is 1. The van der Waals surface area contributed by atoms with Crippen LogP contribution in [0.2, 0.25) is 0 Å². The van der Waals surface area contributed by atoms with Gasteiger partial charge in [0, 0.05) is 26.4 Å². The predicted molar refractivity (Wildman–Crippen MR) is 77.3 cm³/mol. The Morgan fingerprint density at radius 2 is 2.22 bits per heavy atom. The van der Waals surface area contributed by atoms with Gasteiger partial charge in [-0.3, -0.25) is 4.79 Å². The standard InChI is InChI=1S/C13H14N2OS2/c1-9-12(10(16)6-7-15(2)3)18-13(14-9)11-5-4-8-17-11/h4-8H,1-3H3. The van der Waals surface area contributed by atoms with E-state index >= 15 is 0 Å². The lowest BCUT2D eigenvalue weighted by atomic mass is 10.3. The van der Waals surface area contributed by atoms with Crippen LogP contribution in [0.5, 0.6) is 0 Å². The molecule has 0 aliphatic carbocycles. The largest absolute Gasteiger partial charge is 0.383 e. The van der Waals surface area contributed by atoms with Gasteiger partial charge in [0.25, 0.3) is 0 Å². The average molecular weight is 278 g/mol. The summed E-state index contributed by atoms with van der Waals surface area (Å²) in [6.45, 7) is 1.88. The Kier molecular flexibility index (Phi) is 3.93. The topological polar surface area (TPSA) is 33.2 Å². The first-order valence-electron chi connectivity index (χ1n) is 5.48. The third kappa shape index (κ3) is 2.86. The highest BCUT2D eigenvalue weighted by Gasteiger charge is 2.14. The number of hydrogen-bond donors (Lipinski definition) is 0. The molecule has 5 heteroatoms. The number of aryl methyl sites for hydroxylation is 1. The summed E-state index contributed by atoms with van der Waals surface area (Å²) in [5.41, 5.74) is 0.803. The smallest absolute Gasteiger partial charge is 0.199 e. The van der Waals surface area contributed by atoms with Crippen LogP contribution in [-0.4, -0.2) is 29.8 Å². The Morgan fingerprint density at radius 3 is 2.83 bits per heavy atom. The molecule has 3 nitrogen and oxygen atoms in total. The third-order valence-corrected chi connectivity index (χ3v) is 4.49. The van der Waals surface area contributed by atoms with Crippen LogP contribution in [0, 0.1) is 6.92 Å². The first-order valence-corrected chi connectivity index (χ1v) is 7.18. The Labute approximate surface area is 114 Å². The molecule has 2 heterocycles. The van der Waals surface area contributed by atoms with Gasteiger partial charge in [0.05, 0.1) is 15.4 Å². The van der Waals surface area contributed by atoms with Crippen molar-refractivity contribution in [3.63, 3.8) is 0 Å². The lowest BCUT2D eigenvalue weighted by Gasteiger charge is -2.01. The molecule has 0 bridgehead atoms. The van der Waals surface area contributed by atoms with Gasteiger partial charge in [-0.15, -0.1) is 22.7 Å². The number of aromatic nitrogens is 1. The van der Waals surface area contributed by atoms with Crippen molar-refractivity contribution in [2.45, 2.75) is 6.92 Å².